The summed E-state index contributed by atoms with van der Waals surface area (Å²) in [5, 5.41) is 0. The molecule has 35 heavy (non-hydrogen) atoms. The Morgan fingerprint density at radius 3 is 2.51 bits per heavy atom. The number of carbonyl (C=O) groups is 1. The van der Waals surface area contributed by atoms with Crippen molar-refractivity contribution in [3.8, 4) is 17.2 Å². The van der Waals surface area contributed by atoms with E-state index in [1.54, 1.807) is 52.3 Å². The summed E-state index contributed by atoms with van der Waals surface area (Å²) in [7, 11) is 4.69. The van der Waals surface area contributed by atoms with Crippen molar-refractivity contribution < 1.29 is 23.7 Å². The highest BCUT2D eigenvalue weighted by Crippen LogP contribution is 2.37. The second kappa shape index (κ2) is 10.2. The van der Waals surface area contributed by atoms with Gasteiger partial charge in [0.05, 0.1) is 43.7 Å². The normalized spacial score (nSPS) is 15.3. The number of esters is 1. The van der Waals surface area contributed by atoms with Gasteiger partial charge in [0.25, 0.3) is 5.56 Å². The molecular weight excluding hydrogens is 468 g/mol. The first-order valence-corrected chi connectivity index (χ1v) is 11.8. The number of ether oxygens (including phenoxy) is 4. The molecule has 0 saturated heterocycles. The van der Waals surface area contributed by atoms with Crippen molar-refractivity contribution in [1.82, 2.24) is 4.57 Å². The van der Waals surface area contributed by atoms with Crippen LogP contribution in [-0.4, -0.2) is 38.5 Å². The van der Waals surface area contributed by atoms with Crippen LogP contribution in [0.2, 0.25) is 0 Å². The second-order valence-electron chi connectivity index (χ2n) is 7.69. The average molecular weight is 495 g/mol. The van der Waals surface area contributed by atoms with E-state index in [0.29, 0.717) is 37.8 Å². The number of aromatic nitrogens is 1. The Balaban J connectivity index is 1.98. The van der Waals surface area contributed by atoms with Gasteiger partial charge in [0.1, 0.15) is 23.3 Å². The largest absolute Gasteiger partial charge is 0.497 e. The molecule has 8 nitrogen and oxygen atoms in total. The van der Waals surface area contributed by atoms with Crippen molar-refractivity contribution in [3.05, 3.63) is 84.5 Å². The fourth-order valence-electron chi connectivity index (χ4n) is 4.01. The lowest BCUT2D eigenvalue weighted by molar-refractivity contribution is -0.139. The number of fused-ring (bicyclic) bond motifs is 1. The average Bonchev–Trinajstić information content (AvgIpc) is 3.17. The summed E-state index contributed by atoms with van der Waals surface area (Å²) in [6.07, 6.45) is 1.79. The lowest BCUT2D eigenvalue weighted by Crippen LogP contribution is -2.40. The van der Waals surface area contributed by atoms with Crippen LogP contribution in [0.5, 0.6) is 17.2 Å². The Morgan fingerprint density at radius 1 is 1.09 bits per heavy atom. The molecule has 0 saturated carbocycles. The second-order valence-corrected chi connectivity index (χ2v) is 8.70. The van der Waals surface area contributed by atoms with Crippen LogP contribution in [-0.2, 0) is 9.53 Å². The van der Waals surface area contributed by atoms with Crippen LogP contribution < -0.4 is 29.1 Å². The van der Waals surface area contributed by atoms with Gasteiger partial charge in [0.15, 0.2) is 4.80 Å². The summed E-state index contributed by atoms with van der Waals surface area (Å²) in [6, 6.07) is 11.9. The predicted octanol–water partition coefficient (Wildman–Crippen LogP) is 2.82. The van der Waals surface area contributed by atoms with Gasteiger partial charge in [0, 0.05) is 11.6 Å². The lowest BCUT2D eigenvalue weighted by Gasteiger charge is -2.26. The standard InChI is InChI=1S/C26H26N2O6S/c1-6-34-25(30)22-15(2)27-26-28(23(22)19-11-10-18(32-4)14-20(19)33-5)24(29)21(35-26)13-16-8-7-9-17(12-16)31-3/h7-14,23H,6H2,1-5H3/b21-13-/t23-/m0/s1. The molecule has 0 aliphatic carbocycles. The van der Waals surface area contributed by atoms with Gasteiger partial charge in [-0.15, -0.1) is 0 Å². The molecule has 0 bridgehead atoms. The molecule has 1 aliphatic heterocycles. The molecule has 2 aromatic carbocycles. The lowest BCUT2D eigenvalue weighted by atomic mass is 9.95. The molecule has 4 rings (SSSR count). The molecule has 0 radical (unpaired) electrons. The molecule has 9 heteroatoms. The first-order chi connectivity index (χ1) is 16.9. The molecule has 1 aliphatic rings. The maximum atomic E-state index is 13.7. The van der Waals surface area contributed by atoms with E-state index in [0.717, 1.165) is 5.56 Å². The van der Waals surface area contributed by atoms with Gasteiger partial charge in [-0.3, -0.25) is 9.36 Å². The van der Waals surface area contributed by atoms with Crippen molar-refractivity contribution >= 4 is 23.4 Å². The summed E-state index contributed by atoms with van der Waals surface area (Å²) < 4.78 is 23.6. The third-order valence-corrected chi connectivity index (χ3v) is 6.63. The van der Waals surface area contributed by atoms with E-state index in [4.69, 9.17) is 18.9 Å². The highest BCUT2D eigenvalue weighted by Gasteiger charge is 2.35. The molecule has 0 fully saturated rings. The zero-order valence-electron chi connectivity index (χ0n) is 20.2. The highest BCUT2D eigenvalue weighted by atomic mass is 32.1. The van der Waals surface area contributed by atoms with E-state index in [2.05, 4.69) is 4.99 Å². The quantitative estimate of drug-likeness (QED) is 0.470. The number of allylic oxidation sites excluding steroid dienone is 1. The molecule has 182 valence electrons. The van der Waals surface area contributed by atoms with E-state index in [1.807, 2.05) is 24.3 Å². The number of rotatable bonds is 7. The zero-order valence-corrected chi connectivity index (χ0v) is 21.0. The van der Waals surface area contributed by atoms with E-state index in [1.165, 1.54) is 23.0 Å². The Hall–Kier alpha value is -3.85. The van der Waals surface area contributed by atoms with Crippen LogP contribution in [0.25, 0.3) is 6.08 Å². The minimum absolute atomic E-state index is 0.197. The van der Waals surface area contributed by atoms with Gasteiger partial charge in [-0.2, -0.15) is 0 Å². The highest BCUT2D eigenvalue weighted by molar-refractivity contribution is 7.07. The van der Waals surface area contributed by atoms with E-state index >= 15 is 0 Å². The van der Waals surface area contributed by atoms with Crippen LogP contribution in [0.3, 0.4) is 0 Å². The molecular formula is C26H26N2O6S. The summed E-state index contributed by atoms with van der Waals surface area (Å²) in [5.74, 6) is 1.23. The van der Waals surface area contributed by atoms with Gasteiger partial charge >= 0.3 is 5.97 Å². The summed E-state index contributed by atoms with van der Waals surface area (Å²) in [4.78, 5) is 31.9. The molecule has 2 heterocycles. The molecule has 0 spiro atoms. The number of hydrogen-bond donors (Lipinski definition) is 0. The summed E-state index contributed by atoms with van der Waals surface area (Å²) in [5.41, 5.74) is 1.94. The topological polar surface area (TPSA) is 88.4 Å². The van der Waals surface area contributed by atoms with Crippen LogP contribution in [0.1, 0.15) is 31.0 Å². The number of hydrogen-bond acceptors (Lipinski definition) is 8. The Labute approximate surface area is 206 Å². The number of nitrogens with zero attached hydrogens (tertiary/aromatic N) is 2. The number of methoxy groups -OCH3 is 3. The van der Waals surface area contributed by atoms with Crippen molar-refractivity contribution in [1.29, 1.82) is 0 Å². The summed E-state index contributed by atoms with van der Waals surface area (Å²) >= 11 is 1.26. The molecule has 3 aromatic rings. The van der Waals surface area contributed by atoms with Crippen LogP contribution in [0.4, 0.5) is 0 Å². The minimum Gasteiger partial charge on any atom is -0.497 e. The van der Waals surface area contributed by atoms with E-state index < -0.39 is 12.0 Å². The fraction of sp³-hybridized carbons (Fsp3) is 0.269. The summed E-state index contributed by atoms with van der Waals surface area (Å²) in [6.45, 7) is 3.68. The Bertz CT molecular complexity index is 1480. The number of benzene rings is 2. The van der Waals surface area contributed by atoms with Crippen molar-refractivity contribution in [2.45, 2.75) is 19.9 Å². The SMILES string of the molecule is CCOC(=O)C1=C(C)N=c2s/c(=C\c3cccc(OC)c3)c(=O)n2[C@H]1c1ccc(OC)cc1OC. The molecule has 0 unspecified atom stereocenters. The Morgan fingerprint density at radius 2 is 1.83 bits per heavy atom. The zero-order chi connectivity index (χ0) is 25.1. The third-order valence-electron chi connectivity index (χ3n) is 5.64. The van der Waals surface area contributed by atoms with E-state index in [9.17, 15) is 9.59 Å². The van der Waals surface area contributed by atoms with Gasteiger partial charge in [-0.05, 0) is 49.8 Å². The maximum absolute atomic E-state index is 13.7. The smallest absolute Gasteiger partial charge is 0.338 e. The molecule has 1 aromatic heterocycles. The van der Waals surface area contributed by atoms with Crippen molar-refractivity contribution in [2.24, 2.45) is 4.99 Å². The van der Waals surface area contributed by atoms with Crippen LogP contribution in [0, 0.1) is 0 Å². The minimum atomic E-state index is -0.779. The molecule has 0 N–H and O–H groups in total. The third kappa shape index (κ3) is 4.59. The number of carbonyl (C=O) groups excluding carboxylic acids is 1. The van der Waals surface area contributed by atoms with Crippen molar-refractivity contribution in [2.75, 3.05) is 27.9 Å². The first kappa shape index (κ1) is 24.3. The molecule has 0 amide bonds. The van der Waals surface area contributed by atoms with Crippen LogP contribution >= 0.6 is 11.3 Å². The van der Waals surface area contributed by atoms with Gasteiger partial charge < -0.3 is 18.9 Å². The van der Waals surface area contributed by atoms with Gasteiger partial charge in [-0.25, -0.2) is 9.79 Å². The number of thiazole rings is 1. The predicted molar refractivity (Wildman–Crippen MR) is 133 cm³/mol. The molecule has 1 atom stereocenters. The first-order valence-electron chi connectivity index (χ1n) is 11.0. The monoisotopic (exact) mass is 494 g/mol. The van der Waals surface area contributed by atoms with Crippen LogP contribution in [0.15, 0.2) is 63.5 Å². The Kier molecular flexibility index (Phi) is 7.07. The van der Waals surface area contributed by atoms with E-state index in [-0.39, 0.29) is 17.7 Å². The fourth-order valence-corrected chi connectivity index (χ4v) is 5.06. The maximum Gasteiger partial charge on any atom is 0.338 e. The van der Waals surface area contributed by atoms with Gasteiger partial charge in [-0.1, -0.05) is 23.5 Å². The van der Waals surface area contributed by atoms with Gasteiger partial charge in [0.2, 0.25) is 0 Å². The van der Waals surface area contributed by atoms with Crippen molar-refractivity contribution in [3.63, 3.8) is 0 Å².